The van der Waals surface area contributed by atoms with Gasteiger partial charge in [0.1, 0.15) is 0 Å². The molecule has 0 bridgehead atoms. The molecule has 0 amide bonds. The highest BCUT2D eigenvalue weighted by molar-refractivity contribution is 9.10. The Morgan fingerprint density at radius 3 is 2.63 bits per heavy atom. The monoisotopic (exact) mass is 323 g/mol. The molecule has 2 rings (SSSR count). The lowest BCUT2D eigenvalue weighted by atomic mass is 9.89. The van der Waals surface area contributed by atoms with E-state index in [1.54, 1.807) is 0 Å². The summed E-state index contributed by atoms with van der Waals surface area (Å²) >= 11 is 3.45. The van der Waals surface area contributed by atoms with Crippen LogP contribution < -0.4 is 0 Å². The summed E-state index contributed by atoms with van der Waals surface area (Å²) in [5, 5.41) is 0. The zero-order chi connectivity index (χ0) is 13.7. The molecule has 1 aromatic rings. The van der Waals surface area contributed by atoms with Crippen molar-refractivity contribution in [3.63, 3.8) is 0 Å². The molecule has 0 unspecified atom stereocenters. The Morgan fingerprint density at radius 2 is 1.95 bits per heavy atom. The predicted molar refractivity (Wildman–Crippen MR) is 82.5 cm³/mol. The van der Waals surface area contributed by atoms with Gasteiger partial charge >= 0.3 is 0 Å². The maximum Gasteiger partial charge on any atom is 0.177 e. The molecule has 0 heterocycles. The molecule has 1 aromatic carbocycles. The Bertz CT molecular complexity index is 427. The van der Waals surface area contributed by atoms with Gasteiger partial charge in [-0.2, -0.15) is 0 Å². The summed E-state index contributed by atoms with van der Waals surface area (Å²) in [6, 6.07) is 7.67. The van der Waals surface area contributed by atoms with Crippen LogP contribution in [-0.4, -0.2) is 30.8 Å². The number of hydrogen-bond donors (Lipinski definition) is 0. The number of nitrogens with zero attached hydrogens (tertiary/aromatic N) is 1. The van der Waals surface area contributed by atoms with E-state index in [-0.39, 0.29) is 5.78 Å². The minimum absolute atomic E-state index is 0.200. The van der Waals surface area contributed by atoms with Crippen molar-refractivity contribution in [3.05, 3.63) is 34.3 Å². The van der Waals surface area contributed by atoms with Crippen LogP contribution in [0.2, 0.25) is 0 Å². The normalized spacial score (nSPS) is 16.8. The first-order valence-electron chi connectivity index (χ1n) is 7.13. The van der Waals surface area contributed by atoms with Crippen molar-refractivity contribution in [1.29, 1.82) is 0 Å². The van der Waals surface area contributed by atoms with E-state index in [1.165, 1.54) is 32.1 Å². The lowest BCUT2D eigenvalue weighted by molar-refractivity contribution is 0.0931. The van der Waals surface area contributed by atoms with E-state index < -0.39 is 0 Å². The van der Waals surface area contributed by atoms with E-state index in [2.05, 4.69) is 27.9 Å². The van der Waals surface area contributed by atoms with Crippen molar-refractivity contribution >= 4 is 21.7 Å². The molecule has 1 fully saturated rings. The third-order valence-corrected chi connectivity index (χ3v) is 4.57. The molecule has 0 radical (unpaired) electrons. The number of carbonyl (C=O) groups excluding carboxylic acids is 1. The summed E-state index contributed by atoms with van der Waals surface area (Å²) in [5.41, 5.74) is 0.790. The molecule has 0 saturated heterocycles. The summed E-state index contributed by atoms with van der Waals surface area (Å²) in [7, 11) is 2.06. The fourth-order valence-electron chi connectivity index (χ4n) is 2.89. The summed E-state index contributed by atoms with van der Waals surface area (Å²) in [5.74, 6) is 0.983. The fourth-order valence-corrected chi connectivity index (χ4v) is 3.40. The minimum Gasteiger partial charge on any atom is -0.299 e. The summed E-state index contributed by atoms with van der Waals surface area (Å²) < 4.78 is 0.895. The molecule has 1 aliphatic rings. The third-order valence-electron chi connectivity index (χ3n) is 3.88. The summed E-state index contributed by atoms with van der Waals surface area (Å²) in [4.78, 5) is 14.4. The van der Waals surface area contributed by atoms with Crippen molar-refractivity contribution in [2.75, 3.05) is 20.1 Å². The van der Waals surface area contributed by atoms with Gasteiger partial charge in [0, 0.05) is 16.6 Å². The minimum atomic E-state index is 0.200. The van der Waals surface area contributed by atoms with Gasteiger partial charge in [0.2, 0.25) is 0 Å². The first-order chi connectivity index (χ1) is 9.16. The van der Waals surface area contributed by atoms with Crippen LogP contribution in [0.25, 0.3) is 0 Å². The van der Waals surface area contributed by atoms with Crippen LogP contribution in [0.4, 0.5) is 0 Å². The Kier molecular flexibility index (Phi) is 5.59. The predicted octanol–water partition coefficient (Wildman–Crippen LogP) is 4.14. The molecule has 19 heavy (non-hydrogen) atoms. The van der Waals surface area contributed by atoms with Crippen LogP contribution in [0.1, 0.15) is 42.5 Å². The number of carbonyl (C=O) groups is 1. The van der Waals surface area contributed by atoms with E-state index in [0.29, 0.717) is 6.54 Å². The zero-order valence-corrected chi connectivity index (χ0v) is 13.2. The van der Waals surface area contributed by atoms with Gasteiger partial charge < -0.3 is 0 Å². The number of halogens is 1. The standard InChI is InChI=1S/C16H22BrNO/c1-18(11-13-7-3-2-4-8-13)12-16(19)14-9-5-6-10-15(14)17/h5-6,9-10,13H,2-4,7-8,11-12H2,1H3. The molecule has 1 aliphatic carbocycles. The second-order valence-corrected chi connectivity index (χ2v) is 6.46. The van der Waals surface area contributed by atoms with Gasteiger partial charge in [0.05, 0.1) is 6.54 Å². The molecule has 0 aliphatic heterocycles. The van der Waals surface area contributed by atoms with Crippen LogP contribution >= 0.6 is 15.9 Å². The van der Waals surface area contributed by atoms with Crippen molar-refractivity contribution in [2.24, 2.45) is 5.92 Å². The molecular weight excluding hydrogens is 302 g/mol. The average molecular weight is 324 g/mol. The molecule has 2 nitrogen and oxygen atoms in total. The fraction of sp³-hybridized carbons (Fsp3) is 0.562. The Balaban J connectivity index is 1.86. The Morgan fingerprint density at radius 1 is 1.26 bits per heavy atom. The van der Waals surface area contributed by atoms with Crippen LogP contribution in [0.3, 0.4) is 0 Å². The molecular formula is C16H22BrNO. The lowest BCUT2D eigenvalue weighted by Gasteiger charge is -2.26. The van der Waals surface area contributed by atoms with Crippen molar-refractivity contribution in [3.8, 4) is 0 Å². The highest BCUT2D eigenvalue weighted by atomic mass is 79.9. The van der Waals surface area contributed by atoms with Gasteiger partial charge in [-0.1, -0.05) is 53.4 Å². The second-order valence-electron chi connectivity index (χ2n) is 5.60. The molecule has 0 spiro atoms. The highest BCUT2D eigenvalue weighted by Gasteiger charge is 2.17. The molecule has 1 saturated carbocycles. The molecule has 3 heteroatoms. The first kappa shape index (κ1) is 14.7. The lowest BCUT2D eigenvalue weighted by Crippen LogP contribution is -2.31. The number of benzene rings is 1. The molecule has 0 atom stereocenters. The zero-order valence-electron chi connectivity index (χ0n) is 11.6. The van der Waals surface area contributed by atoms with E-state index in [0.717, 1.165) is 22.5 Å². The number of ketones is 1. The Hall–Kier alpha value is -0.670. The van der Waals surface area contributed by atoms with Crippen molar-refractivity contribution in [1.82, 2.24) is 4.90 Å². The van der Waals surface area contributed by atoms with Gasteiger partial charge in [-0.25, -0.2) is 0 Å². The maximum atomic E-state index is 12.2. The van der Waals surface area contributed by atoms with Gasteiger partial charge in [-0.15, -0.1) is 0 Å². The second kappa shape index (κ2) is 7.20. The smallest absolute Gasteiger partial charge is 0.177 e. The van der Waals surface area contributed by atoms with E-state index in [9.17, 15) is 4.79 Å². The van der Waals surface area contributed by atoms with E-state index >= 15 is 0 Å². The number of likely N-dealkylation sites (N-methyl/N-ethyl adjacent to an activating group) is 1. The topological polar surface area (TPSA) is 20.3 Å². The van der Waals surface area contributed by atoms with Crippen molar-refractivity contribution < 1.29 is 4.79 Å². The van der Waals surface area contributed by atoms with Crippen molar-refractivity contribution in [2.45, 2.75) is 32.1 Å². The number of rotatable bonds is 5. The SMILES string of the molecule is CN(CC(=O)c1ccccc1Br)CC1CCCCC1. The number of hydrogen-bond acceptors (Lipinski definition) is 2. The van der Waals surface area contributed by atoms with Crippen LogP contribution in [0.15, 0.2) is 28.7 Å². The largest absolute Gasteiger partial charge is 0.299 e. The quantitative estimate of drug-likeness (QED) is 0.759. The Labute approximate surface area is 124 Å². The van der Waals surface area contributed by atoms with E-state index in [4.69, 9.17) is 0 Å². The van der Waals surface area contributed by atoms with Crippen LogP contribution in [0, 0.1) is 5.92 Å². The van der Waals surface area contributed by atoms with Gasteiger partial charge in [0.25, 0.3) is 0 Å². The molecule has 104 valence electrons. The maximum absolute atomic E-state index is 12.2. The van der Waals surface area contributed by atoms with Gasteiger partial charge in [-0.3, -0.25) is 9.69 Å². The van der Waals surface area contributed by atoms with E-state index in [1.807, 2.05) is 24.3 Å². The van der Waals surface area contributed by atoms with Gasteiger partial charge in [0.15, 0.2) is 5.78 Å². The number of Topliss-reactive ketones (excluding diaryl/α,β-unsaturated/α-hetero) is 1. The average Bonchev–Trinajstić information content (AvgIpc) is 2.40. The molecule has 0 aromatic heterocycles. The third kappa shape index (κ3) is 4.43. The van der Waals surface area contributed by atoms with Crippen LogP contribution in [-0.2, 0) is 0 Å². The first-order valence-corrected chi connectivity index (χ1v) is 7.92. The van der Waals surface area contributed by atoms with Gasteiger partial charge in [-0.05, 0) is 31.9 Å². The summed E-state index contributed by atoms with van der Waals surface area (Å²) in [6.45, 7) is 1.56. The summed E-state index contributed by atoms with van der Waals surface area (Å²) in [6.07, 6.45) is 6.75. The van der Waals surface area contributed by atoms with Crippen LogP contribution in [0.5, 0.6) is 0 Å². The highest BCUT2D eigenvalue weighted by Crippen LogP contribution is 2.24. The molecule has 0 N–H and O–H groups in total.